The Morgan fingerprint density at radius 1 is 0.857 bits per heavy atom. The predicted molar refractivity (Wildman–Crippen MR) is 61.3 cm³/mol. The van der Waals surface area contributed by atoms with E-state index in [1.165, 1.54) is 58.0 Å². The lowest BCUT2D eigenvalue weighted by Gasteiger charge is -2.28. The Bertz CT molecular complexity index is 159. The Balaban J connectivity index is 1.86. The third kappa shape index (κ3) is 2.50. The van der Waals surface area contributed by atoms with Crippen molar-refractivity contribution in [1.29, 1.82) is 0 Å². The SMILES string of the molecule is CC1CCCC1C1CCCNCCC1. The predicted octanol–water partition coefficient (Wildman–Crippen LogP) is 3.20. The van der Waals surface area contributed by atoms with Gasteiger partial charge >= 0.3 is 0 Å². The van der Waals surface area contributed by atoms with Crippen LogP contribution in [0.5, 0.6) is 0 Å². The van der Waals surface area contributed by atoms with Crippen LogP contribution in [-0.2, 0) is 0 Å². The molecule has 1 saturated heterocycles. The highest BCUT2D eigenvalue weighted by Gasteiger charge is 2.30. The maximum Gasteiger partial charge on any atom is -0.00488 e. The smallest absolute Gasteiger partial charge is 0.00488 e. The zero-order valence-electron chi connectivity index (χ0n) is 9.60. The Hall–Kier alpha value is -0.0400. The van der Waals surface area contributed by atoms with E-state index in [2.05, 4.69) is 12.2 Å². The van der Waals surface area contributed by atoms with Crippen molar-refractivity contribution in [2.75, 3.05) is 13.1 Å². The molecule has 1 aliphatic heterocycles. The Morgan fingerprint density at radius 2 is 1.57 bits per heavy atom. The molecular formula is C13H25N. The maximum atomic E-state index is 3.51. The lowest BCUT2D eigenvalue weighted by Crippen LogP contribution is -2.25. The molecule has 0 aromatic heterocycles. The van der Waals surface area contributed by atoms with Gasteiger partial charge in [0.15, 0.2) is 0 Å². The van der Waals surface area contributed by atoms with Crippen LogP contribution >= 0.6 is 0 Å². The second-order valence-electron chi connectivity index (χ2n) is 5.37. The van der Waals surface area contributed by atoms with E-state index in [9.17, 15) is 0 Å². The second kappa shape index (κ2) is 5.16. The molecule has 1 saturated carbocycles. The van der Waals surface area contributed by atoms with Gasteiger partial charge in [0.25, 0.3) is 0 Å². The fourth-order valence-electron chi connectivity index (χ4n) is 3.55. The molecule has 0 radical (unpaired) electrons. The summed E-state index contributed by atoms with van der Waals surface area (Å²) in [5, 5.41) is 3.51. The van der Waals surface area contributed by atoms with Gasteiger partial charge in [-0.3, -0.25) is 0 Å². The number of hydrogen-bond donors (Lipinski definition) is 1. The first-order chi connectivity index (χ1) is 6.88. The number of hydrogen-bond acceptors (Lipinski definition) is 1. The molecule has 14 heavy (non-hydrogen) atoms. The minimum absolute atomic E-state index is 1.02. The average Bonchev–Trinajstić information content (AvgIpc) is 2.51. The van der Waals surface area contributed by atoms with E-state index in [1.807, 2.05) is 0 Å². The molecule has 1 heterocycles. The molecule has 2 fully saturated rings. The lowest BCUT2D eigenvalue weighted by atomic mass is 9.79. The normalized spacial score (nSPS) is 36.6. The third-order valence-electron chi connectivity index (χ3n) is 4.39. The van der Waals surface area contributed by atoms with Gasteiger partial charge in [-0.2, -0.15) is 0 Å². The number of nitrogens with one attached hydrogen (secondary N) is 1. The van der Waals surface area contributed by atoms with Gasteiger partial charge in [-0.05, 0) is 62.9 Å². The van der Waals surface area contributed by atoms with Crippen LogP contribution in [0.15, 0.2) is 0 Å². The van der Waals surface area contributed by atoms with E-state index >= 15 is 0 Å². The molecule has 0 amide bonds. The summed E-state index contributed by atoms with van der Waals surface area (Å²) < 4.78 is 0. The first-order valence-corrected chi connectivity index (χ1v) is 6.58. The monoisotopic (exact) mass is 195 g/mol. The average molecular weight is 195 g/mol. The molecule has 2 unspecified atom stereocenters. The number of rotatable bonds is 1. The lowest BCUT2D eigenvalue weighted by molar-refractivity contribution is 0.228. The van der Waals surface area contributed by atoms with Gasteiger partial charge in [0.05, 0.1) is 0 Å². The summed E-state index contributed by atoms with van der Waals surface area (Å²) in [4.78, 5) is 0. The van der Waals surface area contributed by atoms with Crippen molar-refractivity contribution in [2.45, 2.75) is 51.9 Å². The highest BCUT2D eigenvalue weighted by molar-refractivity contribution is 4.81. The zero-order valence-corrected chi connectivity index (χ0v) is 9.60. The van der Waals surface area contributed by atoms with Gasteiger partial charge in [0, 0.05) is 0 Å². The summed E-state index contributed by atoms with van der Waals surface area (Å²) in [6, 6.07) is 0. The van der Waals surface area contributed by atoms with Crippen molar-refractivity contribution in [3.63, 3.8) is 0 Å². The summed E-state index contributed by atoms with van der Waals surface area (Å²) in [5.74, 6) is 3.16. The molecule has 0 aromatic rings. The van der Waals surface area contributed by atoms with Gasteiger partial charge in [0.2, 0.25) is 0 Å². The summed E-state index contributed by atoms with van der Waals surface area (Å²) in [6.45, 7) is 5.00. The molecule has 0 aromatic carbocycles. The van der Waals surface area contributed by atoms with Crippen LogP contribution in [0.4, 0.5) is 0 Å². The van der Waals surface area contributed by atoms with Gasteiger partial charge in [-0.25, -0.2) is 0 Å². The minimum atomic E-state index is 1.02. The molecule has 1 N–H and O–H groups in total. The third-order valence-corrected chi connectivity index (χ3v) is 4.39. The van der Waals surface area contributed by atoms with Gasteiger partial charge in [-0.1, -0.05) is 19.8 Å². The van der Waals surface area contributed by atoms with Gasteiger partial charge in [-0.15, -0.1) is 0 Å². The van der Waals surface area contributed by atoms with E-state index in [0.29, 0.717) is 0 Å². The second-order valence-corrected chi connectivity index (χ2v) is 5.37. The zero-order chi connectivity index (χ0) is 9.80. The maximum absolute atomic E-state index is 3.51. The van der Waals surface area contributed by atoms with Crippen LogP contribution in [0, 0.1) is 17.8 Å². The van der Waals surface area contributed by atoms with Crippen molar-refractivity contribution in [3.05, 3.63) is 0 Å². The standard InChI is InChI=1S/C13H25N/c1-11-5-2-8-13(11)12-6-3-9-14-10-4-7-12/h11-14H,2-10H2,1H3. The van der Waals surface area contributed by atoms with E-state index in [1.54, 1.807) is 0 Å². The first-order valence-electron chi connectivity index (χ1n) is 6.58. The summed E-state index contributed by atoms with van der Waals surface area (Å²) in [6.07, 6.45) is 10.3. The molecule has 1 heteroatoms. The largest absolute Gasteiger partial charge is 0.317 e. The van der Waals surface area contributed by atoms with E-state index in [-0.39, 0.29) is 0 Å². The fourth-order valence-corrected chi connectivity index (χ4v) is 3.55. The van der Waals surface area contributed by atoms with Crippen LogP contribution in [0.2, 0.25) is 0 Å². The van der Waals surface area contributed by atoms with Crippen molar-refractivity contribution < 1.29 is 0 Å². The molecule has 2 aliphatic rings. The fraction of sp³-hybridized carbons (Fsp3) is 1.00. The van der Waals surface area contributed by atoms with Crippen molar-refractivity contribution in [2.24, 2.45) is 17.8 Å². The Labute approximate surface area is 88.7 Å². The molecule has 1 nitrogen and oxygen atoms in total. The van der Waals surface area contributed by atoms with E-state index < -0.39 is 0 Å². The van der Waals surface area contributed by atoms with E-state index in [4.69, 9.17) is 0 Å². The van der Waals surface area contributed by atoms with Crippen LogP contribution in [-0.4, -0.2) is 13.1 Å². The molecule has 1 aliphatic carbocycles. The molecule has 0 spiro atoms. The molecule has 0 bridgehead atoms. The highest BCUT2D eigenvalue weighted by Crippen LogP contribution is 2.40. The summed E-state index contributed by atoms with van der Waals surface area (Å²) in [7, 11) is 0. The van der Waals surface area contributed by atoms with Crippen LogP contribution in [0.3, 0.4) is 0 Å². The molecule has 2 atom stereocenters. The Kier molecular flexibility index (Phi) is 3.86. The molecule has 2 rings (SSSR count). The summed E-state index contributed by atoms with van der Waals surface area (Å²) >= 11 is 0. The van der Waals surface area contributed by atoms with Crippen LogP contribution in [0.1, 0.15) is 51.9 Å². The topological polar surface area (TPSA) is 12.0 Å². The van der Waals surface area contributed by atoms with Gasteiger partial charge < -0.3 is 5.32 Å². The van der Waals surface area contributed by atoms with Crippen molar-refractivity contribution in [3.8, 4) is 0 Å². The molecular weight excluding hydrogens is 170 g/mol. The highest BCUT2D eigenvalue weighted by atomic mass is 14.8. The quantitative estimate of drug-likeness (QED) is 0.677. The minimum Gasteiger partial charge on any atom is -0.317 e. The molecule has 82 valence electrons. The first kappa shape index (κ1) is 10.5. The van der Waals surface area contributed by atoms with Crippen LogP contribution < -0.4 is 5.32 Å². The van der Waals surface area contributed by atoms with E-state index in [0.717, 1.165) is 17.8 Å². The van der Waals surface area contributed by atoms with Crippen LogP contribution in [0.25, 0.3) is 0 Å². The van der Waals surface area contributed by atoms with Crippen molar-refractivity contribution in [1.82, 2.24) is 5.32 Å². The van der Waals surface area contributed by atoms with Crippen molar-refractivity contribution >= 4 is 0 Å². The Morgan fingerprint density at radius 3 is 2.14 bits per heavy atom. The summed E-state index contributed by atoms with van der Waals surface area (Å²) in [5.41, 5.74) is 0. The van der Waals surface area contributed by atoms with Gasteiger partial charge in [0.1, 0.15) is 0 Å².